The molecule has 0 bridgehead atoms. The van der Waals surface area contributed by atoms with E-state index in [4.69, 9.17) is 4.42 Å². The van der Waals surface area contributed by atoms with E-state index in [0.717, 1.165) is 73.2 Å². The molecule has 156 valence electrons. The van der Waals surface area contributed by atoms with Crippen LogP contribution in [0, 0.1) is 20.8 Å². The molecule has 1 unspecified atom stereocenters. The second-order valence-electron chi connectivity index (χ2n) is 8.37. The van der Waals surface area contributed by atoms with E-state index in [0.29, 0.717) is 6.04 Å². The summed E-state index contributed by atoms with van der Waals surface area (Å²) in [6, 6.07) is 0.603. The minimum Gasteiger partial charge on any atom is -0.446 e. The smallest absolute Gasteiger partial charge is 0.291 e. The van der Waals surface area contributed by atoms with Crippen LogP contribution in [0.2, 0.25) is 0 Å². The van der Waals surface area contributed by atoms with Gasteiger partial charge in [0.1, 0.15) is 11.6 Å². The van der Waals surface area contributed by atoms with Gasteiger partial charge >= 0.3 is 0 Å². The number of anilines is 1. The zero-order valence-corrected chi connectivity index (χ0v) is 17.9. The largest absolute Gasteiger partial charge is 0.446 e. The highest BCUT2D eigenvalue weighted by Gasteiger charge is 2.32. The van der Waals surface area contributed by atoms with Crippen molar-refractivity contribution in [3.05, 3.63) is 34.4 Å². The highest BCUT2D eigenvalue weighted by molar-refractivity contribution is 5.90. The van der Waals surface area contributed by atoms with Gasteiger partial charge < -0.3 is 19.5 Å². The normalized spacial score (nSPS) is 21.3. The van der Waals surface area contributed by atoms with E-state index in [1.165, 1.54) is 4.90 Å². The minimum atomic E-state index is -0.167. The zero-order chi connectivity index (χ0) is 20.7. The molecule has 2 atom stereocenters. The Morgan fingerprint density at radius 2 is 1.97 bits per heavy atom. The first-order valence-corrected chi connectivity index (χ1v) is 10.4. The van der Waals surface area contributed by atoms with Gasteiger partial charge in [-0.2, -0.15) is 0 Å². The molecule has 8 heteroatoms. The summed E-state index contributed by atoms with van der Waals surface area (Å²) >= 11 is 0. The highest BCUT2D eigenvalue weighted by Crippen LogP contribution is 2.31. The van der Waals surface area contributed by atoms with Crippen molar-refractivity contribution in [3.8, 4) is 0 Å². The van der Waals surface area contributed by atoms with Crippen LogP contribution in [0.4, 0.5) is 5.82 Å². The number of aryl methyl sites for hydroxylation is 3. The maximum Gasteiger partial charge on any atom is 0.291 e. The molecule has 29 heavy (non-hydrogen) atoms. The molecule has 0 aromatic carbocycles. The molecule has 1 N–H and O–H groups in total. The molecular weight excluding hydrogens is 368 g/mol. The van der Waals surface area contributed by atoms with Gasteiger partial charge in [0.2, 0.25) is 5.82 Å². The van der Waals surface area contributed by atoms with E-state index in [1.54, 1.807) is 14.1 Å². The van der Waals surface area contributed by atoms with Gasteiger partial charge in [-0.3, -0.25) is 4.79 Å². The van der Waals surface area contributed by atoms with Gasteiger partial charge in [0, 0.05) is 57.8 Å². The zero-order valence-electron chi connectivity index (χ0n) is 17.9. The van der Waals surface area contributed by atoms with E-state index in [1.807, 2.05) is 20.8 Å². The monoisotopic (exact) mass is 398 g/mol. The van der Waals surface area contributed by atoms with Crippen molar-refractivity contribution < 1.29 is 9.21 Å². The van der Waals surface area contributed by atoms with Crippen LogP contribution >= 0.6 is 0 Å². The topological polar surface area (TPSA) is 87.4 Å². The number of hydrogen-bond acceptors (Lipinski definition) is 7. The number of nitrogens with zero attached hydrogens (tertiary/aromatic N) is 5. The highest BCUT2D eigenvalue weighted by atomic mass is 16.4. The van der Waals surface area contributed by atoms with Crippen LogP contribution in [0.1, 0.15) is 64.5 Å². The Labute approximate surface area is 171 Å². The Hall–Kier alpha value is -2.48. The molecule has 1 aliphatic heterocycles. The first kappa shape index (κ1) is 19.8. The van der Waals surface area contributed by atoms with Gasteiger partial charge in [0.25, 0.3) is 5.91 Å². The third-order valence-corrected chi connectivity index (χ3v) is 5.95. The predicted octanol–water partition coefficient (Wildman–Crippen LogP) is 2.34. The van der Waals surface area contributed by atoms with E-state index in [9.17, 15) is 4.79 Å². The lowest BCUT2D eigenvalue weighted by atomic mass is 9.96. The molecule has 8 nitrogen and oxygen atoms in total. The van der Waals surface area contributed by atoms with E-state index in [2.05, 4.69) is 25.2 Å². The van der Waals surface area contributed by atoms with Gasteiger partial charge in [0.15, 0.2) is 5.89 Å². The van der Waals surface area contributed by atoms with Crippen molar-refractivity contribution >= 4 is 11.7 Å². The molecule has 1 amide bonds. The third-order valence-electron chi connectivity index (χ3n) is 5.95. The molecule has 0 saturated carbocycles. The lowest BCUT2D eigenvalue weighted by Gasteiger charge is -2.26. The van der Waals surface area contributed by atoms with Crippen LogP contribution in [-0.2, 0) is 6.42 Å². The van der Waals surface area contributed by atoms with E-state index >= 15 is 0 Å². The van der Waals surface area contributed by atoms with Crippen molar-refractivity contribution in [1.82, 2.24) is 25.2 Å². The predicted molar refractivity (Wildman–Crippen MR) is 110 cm³/mol. The second kappa shape index (κ2) is 7.74. The number of carbonyl (C=O) groups excluding carboxylic acids is 1. The summed E-state index contributed by atoms with van der Waals surface area (Å²) in [6.45, 7) is 7.65. The van der Waals surface area contributed by atoms with Gasteiger partial charge in [-0.15, -0.1) is 0 Å². The average molecular weight is 399 g/mol. The van der Waals surface area contributed by atoms with Gasteiger partial charge in [-0.1, -0.05) is 0 Å². The van der Waals surface area contributed by atoms with Gasteiger partial charge in [-0.05, 0) is 33.1 Å². The number of nitrogens with one attached hydrogen (secondary N) is 1. The molecule has 3 heterocycles. The summed E-state index contributed by atoms with van der Waals surface area (Å²) in [4.78, 5) is 29.8. The van der Waals surface area contributed by atoms with Crippen molar-refractivity contribution in [3.63, 3.8) is 0 Å². The summed E-state index contributed by atoms with van der Waals surface area (Å²) in [6.07, 6.45) is 4.22. The number of fused-ring (bicyclic) bond motifs is 1. The Morgan fingerprint density at radius 1 is 1.17 bits per heavy atom. The second-order valence-corrected chi connectivity index (χ2v) is 8.37. The lowest BCUT2D eigenvalue weighted by molar-refractivity contribution is 0.0815. The van der Waals surface area contributed by atoms with Crippen molar-refractivity contribution in [2.45, 2.75) is 58.5 Å². The van der Waals surface area contributed by atoms with Crippen molar-refractivity contribution in [2.24, 2.45) is 0 Å². The SMILES string of the molecule is Cc1nc2c(o1)CCCC2N[C@@H]1CCN(c2nc(C(=O)N(C)C)nc(C)c2C)C1. The van der Waals surface area contributed by atoms with E-state index < -0.39 is 0 Å². The van der Waals surface area contributed by atoms with E-state index in [-0.39, 0.29) is 17.8 Å². The summed E-state index contributed by atoms with van der Waals surface area (Å²) in [7, 11) is 3.45. The molecule has 0 spiro atoms. The minimum absolute atomic E-state index is 0.167. The Bertz CT molecular complexity index is 922. The molecule has 0 radical (unpaired) electrons. The first-order valence-electron chi connectivity index (χ1n) is 10.4. The van der Waals surface area contributed by atoms with Gasteiger partial charge in [0.05, 0.1) is 11.7 Å². The number of amides is 1. The Balaban J connectivity index is 1.50. The Morgan fingerprint density at radius 3 is 2.72 bits per heavy atom. The number of aromatic nitrogens is 3. The molecular formula is C21H30N6O2. The molecule has 2 aliphatic rings. The van der Waals surface area contributed by atoms with Crippen molar-refractivity contribution in [2.75, 3.05) is 32.1 Å². The fourth-order valence-electron chi connectivity index (χ4n) is 4.29. The fourth-order valence-corrected chi connectivity index (χ4v) is 4.29. The number of hydrogen-bond donors (Lipinski definition) is 1. The number of oxazole rings is 1. The summed E-state index contributed by atoms with van der Waals surface area (Å²) < 4.78 is 5.76. The van der Waals surface area contributed by atoms with Gasteiger partial charge in [-0.25, -0.2) is 15.0 Å². The van der Waals surface area contributed by atoms with Crippen LogP contribution in [-0.4, -0.2) is 59.0 Å². The third kappa shape index (κ3) is 3.85. The number of rotatable bonds is 4. The fraction of sp³-hybridized carbons (Fsp3) is 0.619. The van der Waals surface area contributed by atoms with Crippen LogP contribution in [0.5, 0.6) is 0 Å². The molecule has 1 fully saturated rings. The summed E-state index contributed by atoms with van der Waals surface area (Å²) in [5.74, 6) is 2.75. The molecule has 4 rings (SSSR count). The summed E-state index contributed by atoms with van der Waals surface area (Å²) in [5, 5.41) is 3.79. The van der Waals surface area contributed by atoms with Crippen LogP contribution in [0.15, 0.2) is 4.42 Å². The molecule has 1 aliphatic carbocycles. The Kier molecular flexibility index (Phi) is 5.29. The molecule has 2 aromatic rings. The number of carbonyl (C=O) groups is 1. The van der Waals surface area contributed by atoms with Crippen LogP contribution < -0.4 is 10.2 Å². The molecule has 1 saturated heterocycles. The van der Waals surface area contributed by atoms with Crippen LogP contribution in [0.3, 0.4) is 0 Å². The van der Waals surface area contributed by atoms with Crippen LogP contribution in [0.25, 0.3) is 0 Å². The standard InChI is InChI=1S/C21H30N6O2/c1-12-13(2)22-19(21(28)26(4)5)25-20(12)27-10-9-15(11-27)24-16-7-6-8-17-18(16)23-14(3)29-17/h15-16,24H,6-11H2,1-5H3/t15-,16?/m1/s1. The maximum atomic E-state index is 12.4. The van der Waals surface area contributed by atoms with Crippen molar-refractivity contribution in [1.29, 1.82) is 0 Å². The quantitative estimate of drug-likeness (QED) is 0.846. The molecule has 2 aromatic heterocycles. The summed E-state index contributed by atoms with van der Waals surface area (Å²) in [5.41, 5.74) is 2.97. The average Bonchev–Trinajstić information content (AvgIpc) is 3.29. The first-order chi connectivity index (χ1) is 13.8. The maximum absolute atomic E-state index is 12.4. The lowest BCUT2D eigenvalue weighted by Crippen LogP contribution is -2.37.